The number of hydrogen-bond acceptors (Lipinski definition) is 4. The van der Waals surface area contributed by atoms with Gasteiger partial charge in [-0.3, -0.25) is 9.59 Å². The van der Waals surface area contributed by atoms with E-state index in [4.69, 9.17) is 4.74 Å². The van der Waals surface area contributed by atoms with Gasteiger partial charge in [0, 0.05) is 23.6 Å². The maximum atomic E-state index is 13.0. The number of benzene rings is 2. The van der Waals surface area contributed by atoms with Crippen LogP contribution in [0.2, 0.25) is 0 Å². The molecule has 0 aliphatic carbocycles. The van der Waals surface area contributed by atoms with E-state index in [1.807, 2.05) is 19.1 Å². The fourth-order valence-electron chi connectivity index (χ4n) is 2.12. The van der Waals surface area contributed by atoms with E-state index in [0.717, 1.165) is 4.90 Å². The van der Waals surface area contributed by atoms with Crippen molar-refractivity contribution in [1.82, 2.24) is 5.32 Å². The minimum atomic E-state index is -0.360. The first-order valence-electron chi connectivity index (χ1n) is 8.14. The molecule has 2 aromatic rings. The monoisotopic (exact) mass is 376 g/mol. The minimum absolute atomic E-state index is 0.108. The van der Waals surface area contributed by atoms with Crippen molar-refractivity contribution in [3.05, 3.63) is 54.3 Å². The lowest BCUT2D eigenvalue weighted by molar-refractivity contribution is -0.120. The van der Waals surface area contributed by atoms with Crippen LogP contribution < -0.4 is 15.4 Å². The highest BCUT2D eigenvalue weighted by Crippen LogP contribution is 2.24. The van der Waals surface area contributed by atoms with Crippen LogP contribution in [-0.4, -0.2) is 30.2 Å². The van der Waals surface area contributed by atoms with Crippen molar-refractivity contribution in [2.75, 3.05) is 18.5 Å². The Kier molecular flexibility index (Phi) is 7.47. The van der Waals surface area contributed by atoms with Crippen LogP contribution in [0, 0.1) is 5.82 Å². The number of hydrogen-bond donors (Lipinski definition) is 2. The zero-order valence-electron chi connectivity index (χ0n) is 14.6. The summed E-state index contributed by atoms with van der Waals surface area (Å²) in [6, 6.07) is 13.2. The van der Waals surface area contributed by atoms with Gasteiger partial charge in [0.1, 0.15) is 18.2 Å². The van der Waals surface area contributed by atoms with Gasteiger partial charge >= 0.3 is 0 Å². The number of rotatable bonds is 8. The molecule has 1 atom stereocenters. The normalized spacial score (nSPS) is 11.5. The Balaban J connectivity index is 1.72. The molecule has 0 saturated heterocycles. The molecule has 1 unspecified atom stereocenters. The van der Waals surface area contributed by atoms with Gasteiger partial charge in [0.25, 0.3) is 0 Å². The first kappa shape index (κ1) is 19.8. The van der Waals surface area contributed by atoms with Crippen LogP contribution in [0.15, 0.2) is 53.4 Å². The molecule has 2 rings (SSSR count). The van der Waals surface area contributed by atoms with Crippen LogP contribution >= 0.6 is 11.8 Å². The fourth-order valence-corrected chi connectivity index (χ4v) is 3.01. The quantitative estimate of drug-likeness (QED) is 0.547. The van der Waals surface area contributed by atoms with Gasteiger partial charge in [-0.25, -0.2) is 4.39 Å². The average molecular weight is 376 g/mol. The van der Waals surface area contributed by atoms with Crippen LogP contribution in [0.4, 0.5) is 10.1 Å². The van der Waals surface area contributed by atoms with Gasteiger partial charge in [-0.15, -0.1) is 11.8 Å². The number of amides is 2. The Morgan fingerprint density at radius 1 is 1.19 bits per heavy atom. The van der Waals surface area contributed by atoms with Crippen LogP contribution in [0.1, 0.15) is 13.8 Å². The maximum absolute atomic E-state index is 13.0. The van der Waals surface area contributed by atoms with E-state index in [9.17, 15) is 14.0 Å². The predicted octanol–water partition coefficient (Wildman–Crippen LogP) is 3.46. The third-order valence-electron chi connectivity index (χ3n) is 3.32. The Bertz CT molecular complexity index is 753. The summed E-state index contributed by atoms with van der Waals surface area (Å²) in [6.07, 6.45) is 0. The SMILES string of the molecule is CC(=O)Nc1ccc(SC(C)C(=O)NCCOc2cccc(F)c2)cc1. The Morgan fingerprint density at radius 2 is 1.92 bits per heavy atom. The molecule has 0 spiro atoms. The molecule has 2 N–H and O–H groups in total. The van der Waals surface area contributed by atoms with E-state index in [1.54, 1.807) is 24.3 Å². The molecule has 0 aromatic heterocycles. The van der Waals surface area contributed by atoms with Crippen LogP contribution in [0.5, 0.6) is 5.75 Å². The van der Waals surface area contributed by atoms with Crippen LogP contribution in [-0.2, 0) is 9.59 Å². The summed E-state index contributed by atoms with van der Waals surface area (Å²) in [5, 5.41) is 5.20. The molecule has 0 aliphatic heterocycles. The van der Waals surface area contributed by atoms with Crippen molar-refractivity contribution in [2.45, 2.75) is 24.0 Å². The second-order valence-electron chi connectivity index (χ2n) is 5.56. The van der Waals surface area contributed by atoms with Crippen molar-refractivity contribution in [1.29, 1.82) is 0 Å². The molecule has 0 heterocycles. The molecule has 5 nitrogen and oxygen atoms in total. The fraction of sp³-hybridized carbons (Fsp3) is 0.263. The Hall–Kier alpha value is -2.54. The highest BCUT2D eigenvalue weighted by atomic mass is 32.2. The minimum Gasteiger partial charge on any atom is -0.492 e. The molecule has 138 valence electrons. The van der Waals surface area contributed by atoms with E-state index in [2.05, 4.69) is 10.6 Å². The van der Waals surface area contributed by atoms with Gasteiger partial charge in [-0.1, -0.05) is 6.07 Å². The molecule has 7 heteroatoms. The highest BCUT2D eigenvalue weighted by molar-refractivity contribution is 8.00. The molecule has 2 aromatic carbocycles. The molecule has 0 aliphatic rings. The van der Waals surface area contributed by atoms with Crippen LogP contribution in [0.25, 0.3) is 0 Å². The molecule has 26 heavy (non-hydrogen) atoms. The average Bonchev–Trinajstić information content (AvgIpc) is 2.60. The lowest BCUT2D eigenvalue weighted by Crippen LogP contribution is -2.33. The lowest BCUT2D eigenvalue weighted by atomic mass is 10.3. The third-order valence-corrected chi connectivity index (χ3v) is 4.43. The molecular weight excluding hydrogens is 355 g/mol. The molecule has 2 amide bonds. The van der Waals surface area contributed by atoms with Crippen molar-refractivity contribution < 1.29 is 18.7 Å². The number of ether oxygens (including phenoxy) is 1. The summed E-state index contributed by atoms with van der Waals surface area (Å²) in [7, 11) is 0. The van der Waals surface area contributed by atoms with E-state index in [-0.39, 0.29) is 29.5 Å². The highest BCUT2D eigenvalue weighted by Gasteiger charge is 2.14. The smallest absolute Gasteiger partial charge is 0.233 e. The zero-order chi connectivity index (χ0) is 18.9. The number of nitrogens with one attached hydrogen (secondary N) is 2. The molecular formula is C19H21FN2O3S. The van der Waals surface area contributed by atoms with E-state index >= 15 is 0 Å². The topological polar surface area (TPSA) is 67.4 Å². The number of carbonyl (C=O) groups excluding carboxylic acids is 2. The Morgan fingerprint density at radius 3 is 2.58 bits per heavy atom. The molecule has 0 fully saturated rings. The van der Waals surface area contributed by atoms with E-state index in [1.165, 1.54) is 30.8 Å². The molecule has 0 radical (unpaired) electrons. The zero-order valence-corrected chi connectivity index (χ0v) is 15.4. The largest absolute Gasteiger partial charge is 0.492 e. The Labute approximate surface area is 156 Å². The molecule has 0 saturated carbocycles. The maximum Gasteiger partial charge on any atom is 0.233 e. The summed E-state index contributed by atoms with van der Waals surface area (Å²) in [5.41, 5.74) is 0.716. The number of thioether (sulfide) groups is 1. The van der Waals surface area contributed by atoms with Gasteiger partial charge < -0.3 is 15.4 Å². The lowest BCUT2D eigenvalue weighted by Gasteiger charge is -2.13. The summed E-state index contributed by atoms with van der Waals surface area (Å²) < 4.78 is 18.4. The summed E-state index contributed by atoms with van der Waals surface area (Å²) in [6.45, 7) is 3.86. The van der Waals surface area contributed by atoms with Gasteiger partial charge in [0.2, 0.25) is 11.8 Å². The van der Waals surface area contributed by atoms with Crippen LogP contribution in [0.3, 0.4) is 0 Å². The van der Waals surface area contributed by atoms with Gasteiger partial charge in [0.15, 0.2) is 0 Å². The number of anilines is 1. The van der Waals surface area contributed by atoms with Crippen molar-refractivity contribution in [3.8, 4) is 5.75 Å². The van der Waals surface area contributed by atoms with Crippen molar-refractivity contribution in [2.24, 2.45) is 0 Å². The first-order chi connectivity index (χ1) is 12.4. The van der Waals surface area contributed by atoms with Gasteiger partial charge in [0.05, 0.1) is 11.8 Å². The first-order valence-corrected chi connectivity index (χ1v) is 9.02. The number of halogens is 1. The van der Waals surface area contributed by atoms with Gasteiger partial charge in [-0.05, 0) is 43.3 Å². The summed E-state index contributed by atoms with van der Waals surface area (Å²) in [4.78, 5) is 24.0. The van der Waals surface area contributed by atoms with E-state index in [0.29, 0.717) is 18.0 Å². The summed E-state index contributed by atoms with van der Waals surface area (Å²) in [5.74, 6) is -0.163. The standard InChI is InChI=1S/C19H21FN2O3S/c1-13(26-18-8-6-16(7-9-18)22-14(2)23)19(24)21-10-11-25-17-5-3-4-15(20)12-17/h3-9,12-13H,10-11H2,1-2H3,(H,21,24)(H,22,23). The predicted molar refractivity (Wildman–Crippen MR) is 101 cm³/mol. The van der Waals surface area contributed by atoms with Crippen molar-refractivity contribution in [3.63, 3.8) is 0 Å². The molecule has 0 bridgehead atoms. The van der Waals surface area contributed by atoms with Gasteiger partial charge in [-0.2, -0.15) is 0 Å². The second kappa shape index (κ2) is 9.82. The third kappa shape index (κ3) is 6.76. The number of carbonyl (C=O) groups is 2. The van der Waals surface area contributed by atoms with Crippen molar-refractivity contribution >= 4 is 29.3 Å². The van der Waals surface area contributed by atoms with E-state index < -0.39 is 0 Å². The second-order valence-corrected chi connectivity index (χ2v) is 6.98. The summed E-state index contributed by atoms with van der Waals surface area (Å²) >= 11 is 1.42.